The molecule has 0 bridgehead atoms. The lowest BCUT2D eigenvalue weighted by Crippen LogP contribution is -2.33. The first kappa shape index (κ1) is 19.6. The third kappa shape index (κ3) is 4.00. The van der Waals surface area contributed by atoms with Gasteiger partial charge in [-0.25, -0.2) is 9.97 Å². The standard InChI is InChI=1S/C22H20N4O4/c23-21-20(19-9-15-3-1-2-4-18(15)30-19)26-17(11-24-21)13-5-7-14(8-6-13)22(29)25-10-16(28)12-27/h1-9,11,16,27-28H,10,12H2,(H2,23,24)(H,25,29)/t16-/m0/s1. The number of aliphatic hydroxyl groups is 2. The molecule has 0 radical (unpaired) electrons. The summed E-state index contributed by atoms with van der Waals surface area (Å²) < 4.78 is 5.86. The van der Waals surface area contributed by atoms with Crippen molar-refractivity contribution in [2.75, 3.05) is 18.9 Å². The number of nitrogen functional groups attached to an aromatic ring is 1. The van der Waals surface area contributed by atoms with Gasteiger partial charge in [-0.3, -0.25) is 4.79 Å². The highest BCUT2D eigenvalue weighted by Gasteiger charge is 2.14. The van der Waals surface area contributed by atoms with Crippen molar-refractivity contribution in [3.63, 3.8) is 0 Å². The molecule has 2 heterocycles. The van der Waals surface area contributed by atoms with E-state index in [4.69, 9.17) is 15.3 Å². The molecular formula is C22H20N4O4. The Labute approximate surface area is 172 Å². The molecule has 8 nitrogen and oxygen atoms in total. The van der Waals surface area contributed by atoms with E-state index in [1.807, 2.05) is 30.3 Å². The first-order valence-corrected chi connectivity index (χ1v) is 9.34. The number of fused-ring (bicyclic) bond motifs is 1. The molecule has 2 aromatic carbocycles. The molecule has 2 aromatic heterocycles. The number of carbonyl (C=O) groups excluding carboxylic acids is 1. The summed E-state index contributed by atoms with van der Waals surface area (Å²) in [5.74, 6) is 0.443. The highest BCUT2D eigenvalue weighted by Crippen LogP contribution is 2.30. The van der Waals surface area contributed by atoms with Crippen molar-refractivity contribution in [1.29, 1.82) is 0 Å². The van der Waals surface area contributed by atoms with Crippen molar-refractivity contribution in [2.45, 2.75) is 6.10 Å². The van der Waals surface area contributed by atoms with Crippen molar-refractivity contribution < 1.29 is 19.4 Å². The Morgan fingerprint density at radius 1 is 1.17 bits per heavy atom. The first-order chi connectivity index (χ1) is 14.5. The van der Waals surface area contributed by atoms with Crippen LogP contribution in [-0.2, 0) is 0 Å². The van der Waals surface area contributed by atoms with E-state index in [0.29, 0.717) is 22.7 Å². The van der Waals surface area contributed by atoms with Gasteiger partial charge in [-0.2, -0.15) is 0 Å². The van der Waals surface area contributed by atoms with Crippen LogP contribution >= 0.6 is 0 Å². The number of hydrogen-bond acceptors (Lipinski definition) is 7. The molecule has 0 unspecified atom stereocenters. The van der Waals surface area contributed by atoms with E-state index in [0.717, 1.165) is 16.5 Å². The van der Waals surface area contributed by atoms with Crippen molar-refractivity contribution in [3.8, 4) is 22.7 Å². The first-order valence-electron chi connectivity index (χ1n) is 9.34. The quantitative estimate of drug-likeness (QED) is 0.387. The number of rotatable bonds is 6. The van der Waals surface area contributed by atoms with Gasteiger partial charge in [-0.05, 0) is 24.3 Å². The number of hydrogen-bond donors (Lipinski definition) is 4. The maximum atomic E-state index is 12.1. The highest BCUT2D eigenvalue weighted by atomic mass is 16.3. The highest BCUT2D eigenvalue weighted by molar-refractivity contribution is 5.94. The zero-order valence-corrected chi connectivity index (χ0v) is 15.9. The summed E-state index contributed by atoms with van der Waals surface area (Å²) in [5.41, 5.74) is 8.98. The molecule has 0 spiro atoms. The fourth-order valence-corrected chi connectivity index (χ4v) is 2.99. The molecule has 0 saturated carbocycles. The van der Waals surface area contributed by atoms with Gasteiger partial charge in [-0.1, -0.05) is 30.3 Å². The average molecular weight is 404 g/mol. The number of furan rings is 1. The zero-order chi connectivity index (χ0) is 21.1. The number of aliphatic hydroxyl groups excluding tert-OH is 2. The van der Waals surface area contributed by atoms with E-state index >= 15 is 0 Å². The summed E-state index contributed by atoms with van der Waals surface area (Å²) in [5, 5.41) is 21.7. The summed E-state index contributed by atoms with van der Waals surface area (Å²) in [6.07, 6.45) is 0.573. The second-order valence-corrected chi connectivity index (χ2v) is 6.76. The van der Waals surface area contributed by atoms with Gasteiger partial charge >= 0.3 is 0 Å². The predicted octanol–water partition coefficient (Wildman–Crippen LogP) is 2.22. The summed E-state index contributed by atoms with van der Waals surface area (Å²) in [6.45, 7) is -0.441. The van der Waals surface area contributed by atoms with Crippen LogP contribution in [0.15, 0.2) is 65.2 Å². The Morgan fingerprint density at radius 3 is 2.67 bits per heavy atom. The molecule has 0 aliphatic carbocycles. The lowest BCUT2D eigenvalue weighted by Gasteiger charge is -2.09. The van der Waals surface area contributed by atoms with Gasteiger partial charge < -0.3 is 25.7 Å². The number of anilines is 1. The van der Waals surface area contributed by atoms with Crippen molar-refractivity contribution >= 4 is 22.7 Å². The Bertz CT molecular complexity index is 1150. The Morgan fingerprint density at radius 2 is 1.93 bits per heavy atom. The van der Waals surface area contributed by atoms with Gasteiger partial charge in [-0.15, -0.1) is 0 Å². The van der Waals surface area contributed by atoms with Crippen LogP contribution in [0.2, 0.25) is 0 Å². The topological polar surface area (TPSA) is 134 Å². The number of carbonyl (C=O) groups is 1. The van der Waals surface area contributed by atoms with E-state index in [1.54, 1.807) is 30.5 Å². The number of amides is 1. The molecule has 30 heavy (non-hydrogen) atoms. The average Bonchev–Trinajstić information content (AvgIpc) is 3.21. The minimum absolute atomic E-state index is 0.0264. The lowest BCUT2D eigenvalue weighted by molar-refractivity contribution is 0.0802. The van der Waals surface area contributed by atoms with Crippen LogP contribution in [0, 0.1) is 0 Å². The second kappa shape index (κ2) is 8.32. The summed E-state index contributed by atoms with van der Waals surface area (Å²) in [6, 6.07) is 16.3. The van der Waals surface area contributed by atoms with Crippen LogP contribution in [0.1, 0.15) is 10.4 Å². The van der Waals surface area contributed by atoms with Crippen LogP contribution in [0.25, 0.3) is 33.7 Å². The number of nitrogens with zero attached hydrogens (tertiary/aromatic N) is 2. The van der Waals surface area contributed by atoms with Crippen molar-refractivity contribution in [1.82, 2.24) is 15.3 Å². The van der Waals surface area contributed by atoms with Crippen LogP contribution in [0.5, 0.6) is 0 Å². The number of nitrogens with one attached hydrogen (secondary N) is 1. The maximum absolute atomic E-state index is 12.1. The third-order valence-corrected chi connectivity index (χ3v) is 4.61. The summed E-state index contributed by atoms with van der Waals surface area (Å²) >= 11 is 0. The Kier molecular flexibility index (Phi) is 5.42. The van der Waals surface area contributed by atoms with Crippen LogP contribution in [0.4, 0.5) is 5.82 Å². The lowest BCUT2D eigenvalue weighted by atomic mass is 10.1. The smallest absolute Gasteiger partial charge is 0.251 e. The Hall–Kier alpha value is -3.75. The monoisotopic (exact) mass is 404 g/mol. The van der Waals surface area contributed by atoms with Gasteiger partial charge in [0.05, 0.1) is 24.6 Å². The van der Waals surface area contributed by atoms with Crippen LogP contribution < -0.4 is 11.1 Å². The minimum atomic E-state index is -0.991. The molecule has 0 saturated heterocycles. The molecule has 5 N–H and O–H groups in total. The van der Waals surface area contributed by atoms with Gasteiger partial charge in [0.1, 0.15) is 11.3 Å². The number of aromatic nitrogens is 2. The molecule has 152 valence electrons. The molecular weight excluding hydrogens is 384 g/mol. The fraction of sp³-hybridized carbons (Fsp3) is 0.136. The van der Waals surface area contributed by atoms with Gasteiger partial charge in [0, 0.05) is 23.1 Å². The minimum Gasteiger partial charge on any atom is -0.454 e. The molecule has 1 atom stereocenters. The van der Waals surface area contributed by atoms with Gasteiger partial charge in [0.2, 0.25) is 0 Å². The van der Waals surface area contributed by atoms with Crippen molar-refractivity contribution in [2.24, 2.45) is 0 Å². The molecule has 0 aliphatic heterocycles. The third-order valence-electron chi connectivity index (χ3n) is 4.61. The molecule has 0 aliphatic rings. The van der Waals surface area contributed by atoms with Gasteiger partial charge in [0.25, 0.3) is 5.91 Å². The SMILES string of the molecule is Nc1ncc(-c2ccc(C(=O)NC[C@H](O)CO)cc2)nc1-c1cc2ccccc2o1. The fourth-order valence-electron chi connectivity index (χ4n) is 2.99. The van der Waals surface area contributed by atoms with E-state index in [9.17, 15) is 9.90 Å². The molecule has 4 rings (SSSR count). The normalized spacial score (nSPS) is 12.1. The van der Waals surface area contributed by atoms with Crippen LogP contribution in [-0.4, -0.2) is 45.3 Å². The van der Waals surface area contributed by atoms with E-state index in [-0.39, 0.29) is 18.3 Å². The molecule has 8 heteroatoms. The van der Waals surface area contributed by atoms with E-state index in [1.165, 1.54) is 0 Å². The maximum Gasteiger partial charge on any atom is 0.251 e. The number of nitrogens with two attached hydrogens (primary N) is 1. The molecule has 0 fully saturated rings. The summed E-state index contributed by atoms with van der Waals surface area (Å²) in [4.78, 5) is 21.0. The predicted molar refractivity (Wildman–Crippen MR) is 113 cm³/mol. The molecule has 1 amide bonds. The summed E-state index contributed by atoms with van der Waals surface area (Å²) in [7, 11) is 0. The molecule has 4 aromatic rings. The number of para-hydroxylation sites is 1. The van der Waals surface area contributed by atoms with E-state index in [2.05, 4.69) is 15.3 Å². The Balaban J connectivity index is 1.59. The van der Waals surface area contributed by atoms with Crippen molar-refractivity contribution in [3.05, 3.63) is 66.4 Å². The van der Waals surface area contributed by atoms with Crippen LogP contribution in [0.3, 0.4) is 0 Å². The second-order valence-electron chi connectivity index (χ2n) is 6.76. The zero-order valence-electron chi connectivity index (χ0n) is 15.9. The number of benzene rings is 2. The largest absolute Gasteiger partial charge is 0.454 e. The van der Waals surface area contributed by atoms with Gasteiger partial charge in [0.15, 0.2) is 11.6 Å². The van der Waals surface area contributed by atoms with E-state index < -0.39 is 12.7 Å².